The molecule has 5 heteroatoms. The molecule has 5 nitrogen and oxygen atoms in total. The maximum absolute atomic E-state index is 13.5. The van der Waals surface area contributed by atoms with Crippen LogP contribution in [0.4, 0.5) is 0 Å². The summed E-state index contributed by atoms with van der Waals surface area (Å²) >= 11 is 0. The number of hydrogen-bond acceptors (Lipinski definition) is 2. The Morgan fingerprint density at radius 3 is 2.18 bits per heavy atom. The maximum atomic E-state index is 13.5. The van der Waals surface area contributed by atoms with E-state index in [4.69, 9.17) is 0 Å². The van der Waals surface area contributed by atoms with Crippen molar-refractivity contribution in [1.29, 1.82) is 0 Å². The third-order valence-corrected chi connectivity index (χ3v) is 8.43. The first-order valence-electron chi connectivity index (χ1n) is 14.3. The summed E-state index contributed by atoms with van der Waals surface area (Å²) in [5, 5.41) is 3.11. The number of amides is 2. The zero-order chi connectivity index (χ0) is 26.6. The largest absolute Gasteiger partial charge is 0.341 e. The van der Waals surface area contributed by atoms with Crippen molar-refractivity contribution in [2.75, 3.05) is 13.1 Å². The molecule has 2 heterocycles. The van der Waals surface area contributed by atoms with Crippen molar-refractivity contribution >= 4 is 11.8 Å². The van der Waals surface area contributed by atoms with Crippen LogP contribution in [0.15, 0.2) is 60.7 Å². The highest BCUT2D eigenvalue weighted by Crippen LogP contribution is 2.50. The highest BCUT2D eigenvalue weighted by atomic mass is 16.2. The molecule has 0 bridgehead atoms. The van der Waals surface area contributed by atoms with Crippen LogP contribution in [-0.2, 0) is 4.79 Å². The molecule has 1 saturated heterocycles. The molecule has 1 aromatic heterocycles. The van der Waals surface area contributed by atoms with E-state index in [2.05, 4.69) is 67.1 Å². The van der Waals surface area contributed by atoms with Gasteiger partial charge in [-0.25, -0.2) is 0 Å². The second-order valence-electron chi connectivity index (χ2n) is 11.4. The zero-order valence-corrected chi connectivity index (χ0v) is 23.1. The molecule has 0 radical (unpaired) electrons. The Hall–Kier alpha value is -3.34. The van der Waals surface area contributed by atoms with E-state index in [-0.39, 0.29) is 11.8 Å². The highest BCUT2D eigenvalue weighted by molar-refractivity contribution is 5.97. The Labute approximate surface area is 227 Å². The fourth-order valence-corrected chi connectivity index (χ4v) is 6.04. The molecule has 1 saturated carbocycles. The molecule has 0 spiro atoms. The Bertz CT molecular complexity index is 1230. The predicted octanol–water partition coefficient (Wildman–Crippen LogP) is 6.49. The standard InChI is InChI=1S/C33H41N3O2/c1-23-10-14-26(15-11-23)30-22-28(30)8-7-9-31(33(38)35-20-5-4-6-21-35)34-32(37)27-16-18-29(19-17-27)36-24(2)12-13-25(36)3/h10-19,28,30-31H,4-9,20-22H2,1-3H3,(H,34,37)/t28-,30+,31+/m1/s1. The number of nitrogens with one attached hydrogen (secondary N) is 1. The molecule has 2 amide bonds. The van der Waals surface area contributed by atoms with E-state index in [1.54, 1.807) is 0 Å². The van der Waals surface area contributed by atoms with Crippen LogP contribution in [0.1, 0.15) is 83.7 Å². The predicted molar refractivity (Wildman–Crippen MR) is 153 cm³/mol. The fourth-order valence-electron chi connectivity index (χ4n) is 6.04. The number of likely N-dealkylation sites (tertiary alicyclic amines) is 1. The van der Waals surface area contributed by atoms with Crippen molar-refractivity contribution in [2.45, 2.75) is 77.7 Å². The first-order valence-corrected chi connectivity index (χ1v) is 14.3. The number of nitrogens with zero attached hydrogens (tertiary/aromatic N) is 2. The van der Waals surface area contributed by atoms with Crippen molar-refractivity contribution in [3.05, 3.63) is 88.7 Å². The molecule has 2 aliphatic rings. The van der Waals surface area contributed by atoms with Gasteiger partial charge in [-0.1, -0.05) is 36.2 Å². The molecule has 5 rings (SSSR count). The quantitative estimate of drug-likeness (QED) is 0.357. The summed E-state index contributed by atoms with van der Waals surface area (Å²) in [7, 11) is 0. The minimum absolute atomic E-state index is 0.0825. The number of aromatic nitrogens is 1. The lowest BCUT2D eigenvalue weighted by atomic mass is 10.0. The maximum Gasteiger partial charge on any atom is 0.251 e. The number of carbonyl (C=O) groups is 2. The van der Waals surface area contributed by atoms with E-state index in [0.29, 0.717) is 23.8 Å². The summed E-state index contributed by atoms with van der Waals surface area (Å²) in [6, 6.07) is 20.3. The number of benzene rings is 2. The SMILES string of the molecule is Cc1ccc([C@@H]2C[C@H]2CCC[C@H](NC(=O)c2ccc(-n3c(C)ccc3C)cc2)C(=O)N2CCCCC2)cc1. The molecule has 2 fully saturated rings. The molecule has 2 aromatic carbocycles. The Morgan fingerprint density at radius 1 is 0.868 bits per heavy atom. The van der Waals surface area contributed by atoms with Crippen molar-refractivity contribution in [3.63, 3.8) is 0 Å². The van der Waals surface area contributed by atoms with Gasteiger partial charge in [-0.2, -0.15) is 0 Å². The number of rotatable bonds is 9. The summed E-state index contributed by atoms with van der Waals surface area (Å²) in [6.45, 7) is 7.88. The second kappa shape index (κ2) is 11.6. The minimum atomic E-state index is -0.467. The van der Waals surface area contributed by atoms with Gasteiger partial charge in [0, 0.05) is 35.7 Å². The Balaban J connectivity index is 1.21. The van der Waals surface area contributed by atoms with E-state index < -0.39 is 6.04 Å². The van der Waals surface area contributed by atoms with Gasteiger partial charge < -0.3 is 14.8 Å². The van der Waals surface area contributed by atoms with E-state index in [1.807, 2.05) is 29.2 Å². The highest BCUT2D eigenvalue weighted by Gasteiger charge is 2.38. The first kappa shape index (κ1) is 26.3. The number of aryl methyl sites for hydroxylation is 3. The van der Waals surface area contributed by atoms with E-state index in [1.165, 1.54) is 24.0 Å². The molecule has 3 atom stereocenters. The molecule has 200 valence electrons. The van der Waals surface area contributed by atoms with Crippen molar-refractivity contribution in [2.24, 2.45) is 5.92 Å². The molecule has 1 aliphatic heterocycles. The van der Waals surface area contributed by atoms with Crippen LogP contribution in [0.2, 0.25) is 0 Å². The lowest BCUT2D eigenvalue weighted by molar-refractivity contribution is -0.134. The molecule has 3 aromatic rings. The Morgan fingerprint density at radius 2 is 1.53 bits per heavy atom. The van der Waals surface area contributed by atoms with Gasteiger partial charge in [-0.3, -0.25) is 9.59 Å². The van der Waals surface area contributed by atoms with Crippen LogP contribution in [0.3, 0.4) is 0 Å². The van der Waals surface area contributed by atoms with Crippen molar-refractivity contribution in [3.8, 4) is 5.69 Å². The van der Waals surface area contributed by atoms with Crippen molar-refractivity contribution in [1.82, 2.24) is 14.8 Å². The van der Waals surface area contributed by atoms with Gasteiger partial charge in [0.25, 0.3) is 5.91 Å². The van der Waals surface area contributed by atoms with E-state index in [0.717, 1.165) is 55.8 Å². The zero-order valence-electron chi connectivity index (χ0n) is 23.1. The normalized spacial score (nSPS) is 19.7. The third kappa shape index (κ3) is 6.03. The van der Waals surface area contributed by atoms with Gasteiger partial charge in [-0.15, -0.1) is 0 Å². The summed E-state index contributed by atoms with van der Waals surface area (Å²) in [4.78, 5) is 28.7. The van der Waals surface area contributed by atoms with Crippen LogP contribution in [0.25, 0.3) is 5.69 Å². The van der Waals surface area contributed by atoms with Gasteiger partial charge >= 0.3 is 0 Å². The summed E-state index contributed by atoms with van der Waals surface area (Å²) < 4.78 is 2.17. The second-order valence-corrected chi connectivity index (χ2v) is 11.4. The monoisotopic (exact) mass is 511 g/mol. The van der Waals surface area contributed by atoms with E-state index in [9.17, 15) is 9.59 Å². The summed E-state index contributed by atoms with van der Waals surface area (Å²) in [5.74, 6) is 1.25. The van der Waals surface area contributed by atoms with Crippen LogP contribution in [0.5, 0.6) is 0 Å². The summed E-state index contributed by atoms with van der Waals surface area (Å²) in [5.41, 5.74) is 6.68. The molecule has 1 aliphatic carbocycles. The number of hydrogen-bond donors (Lipinski definition) is 1. The van der Waals surface area contributed by atoms with Crippen molar-refractivity contribution < 1.29 is 9.59 Å². The smallest absolute Gasteiger partial charge is 0.251 e. The molecule has 1 N–H and O–H groups in total. The lowest BCUT2D eigenvalue weighted by Crippen LogP contribution is -2.50. The molecule has 0 unspecified atom stereocenters. The topological polar surface area (TPSA) is 54.3 Å². The molecular formula is C33H41N3O2. The minimum Gasteiger partial charge on any atom is -0.341 e. The number of piperidine rings is 1. The van der Waals surface area contributed by atoms with Crippen LogP contribution in [0, 0.1) is 26.7 Å². The lowest BCUT2D eigenvalue weighted by Gasteiger charge is -2.31. The van der Waals surface area contributed by atoms with Gasteiger partial charge in [0.2, 0.25) is 5.91 Å². The Kier molecular flexibility index (Phi) is 8.01. The summed E-state index contributed by atoms with van der Waals surface area (Å²) in [6.07, 6.45) is 7.24. The first-order chi connectivity index (χ1) is 18.4. The van der Waals surface area contributed by atoms with Gasteiger partial charge in [0.05, 0.1) is 0 Å². The average Bonchev–Trinajstić information content (AvgIpc) is 3.63. The van der Waals surface area contributed by atoms with Crippen LogP contribution in [-0.4, -0.2) is 40.4 Å². The molecular weight excluding hydrogens is 470 g/mol. The molecule has 38 heavy (non-hydrogen) atoms. The van der Waals surface area contributed by atoms with Gasteiger partial charge in [-0.05, 0) is 113 Å². The van der Waals surface area contributed by atoms with Crippen LogP contribution < -0.4 is 5.32 Å². The fraction of sp³-hybridized carbons (Fsp3) is 0.455. The average molecular weight is 512 g/mol. The van der Waals surface area contributed by atoms with Gasteiger partial charge in [0.15, 0.2) is 0 Å². The third-order valence-electron chi connectivity index (χ3n) is 8.43. The van der Waals surface area contributed by atoms with Crippen LogP contribution >= 0.6 is 0 Å². The number of carbonyl (C=O) groups excluding carboxylic acids is 2. The van der Waals surface area contributed by atoms with E-state index >= 15 is 0 Å². The van der Waals surface area contributed by atoms with Gasteiger partial charge in [0.1, 0.15) is 6.04 Å².